The molecule has 2 heterocycles. The SMILES string of the molecule is CCc1cc(C(NC)c2cccs2)n(C)n1. The zero-order valence-electron chi connectivity index (χ0n) is 9.90. The van der Waals surface area contributed by atoms with Gasteiger partial charge in [0.15, 0.2) is 0 Å². The zero-order valence-corrected chi connectivity index (χ0v) is 10.7. The van der Waals surface area contributed by atoms with Crippen LogP contribution < -0.4 is 5.32 Å². The van der Waals surface area contributed by atoms with Crippen molar-refractivity contribution in [1.82, 2.24) is 15.1 Å². The Hall–Kier alpha value is -1.13. The summed E-state index contributed by atoms with van der Waals surface area (Å²) in [5, 5.41) is 9.95. The summed E-state index contributed by atoms with van der Waals surface area (Å²) in [5.74, 6) is 0. The van der Waals surface area contributed by atoms with Crippen molar-refractivity contribution in [2.75, 3.05) is 7.05 Å². The highest BCUT2D eigenvalue weighted by atomic mass is 32.1. The number of rotatable bonds is 4. The quantitative estimate of drug-likeness (QED) is 0.881. The van der Waals surface area contributed by atoms with Gasteiger partial charge in [0, 0.05) is 11.9 Å². The average molecular weight is 235 g/mol. The molecule has 0 aliphatic rings. The van der Waals surface area contributed by atoms with Crippen molar-refractivity contribution in [1.29, 1.82) is 0 Å². The summed E-state index contributed by atoms with van der Waals surface area (Å²) in [6.07, 6.45) is 0.981. The van der Waals surface area contributed by atoms with Gasteiger partial charge in [0.25, 0.3) is 0 Å². The van der Waals surface area contributed by atoms with Gasteiger partial charge in [-0.25, -0.2) is 0 Å². The second kappa shape index (κ2) is 4.80. The molecule has 16 heavy (non-hydrogen) atoms. The second-order valence-corrected chi connectivity index (χ2v) is 4.75. The van der Waals surface area contributed by atoms with Crippen LogP contribution in [-0.2, 0) is 13.5 Å². The lowest BCUT2D eigenvalue weighted by atomic mass is 10.1. The van der Waals surface area contributed by atoms with E-state index < -0.39 is 0 Å². The predicted octanol–water partition coefficient (Wildman–Crippen LogP) is 2.35. The van der Waals surface area contributed by atoms with Crippen LogP contribution in [-0.4, -0.2) is 16.8 Å². The summed E-state index contributed by atoms with van der Waals surface area (Å²) in [5.41, 5.74) is 2.37. The van der Waals surface area contributed by atoms with Gasteiger partial charge < -0.3 is 5.32 Å². The van der Waals surface area contributed by atoms with E-state index in [2.05, 4.69) is 40.9 Å². The number of hydrogen-bond acceptors (Lipinski definition) is 3. The predicted molar refractivity (Wildman–Crippen MR) is 67.8 cm³/mol. The van der Waals surface area contributed by atoms with Crippen molar-refractivity contribution in [3.63, 3.8) is 0 Å². The van der Waals surface area contributed by atoms with Crippen LogP contribution in [0.5, 0.6) is 0 Å². The van der Waals surface area contributed by atoms with Gasteiger partial charge in [0.1, 0.15) is 0 Å². The monoisotopic (exact) mass is 235 g/mol. The molecule has 0 aromatic carbocycles. The third-order valence-electron chi connectivity index (χ3n) is 2.74. The first-order valence-electron chi connectivity index (χ1n) is 5.49. The molecule has 1 N–H and O–H groups in total. The fourth-order valence-corrected chi connectivity index (χ4v) is 2.72. The van der Waals surface area contributed by atoms with E-state index in [0.29, 0.717) is 0 Å². The Labute approximate surface area is 100 Å². The van der Waals surface area contributed by atoms with Crippen molar-refractivity contribution < 1.29 is 0 Å². The van der Waals surface area contributed by atoms with Crippen LogP contribution in [0.3, 0.4) is 0 Å². The molecule has 0 amide bonds. The molecule has 0 saturated heterocycles. The molecule has 0 saturated carbocycles. The summed E-state index contributed by atoms with van der Waals surface area (Å²) in [6.45, 7) is 2.13. The normalized spacial score (nSPS) is 12.9. The van der Waals surface area contributed by atoms with E-state index in [1.54, 1.807) is 11.3 Å². The molecule has 86 valence electrons. The minimum atomic E-state index is 0.248. The fourth-order valence-electron chi connectivity index (χ4n) is 1.88. The minimum Gasteiger partial charge on any atom is -0.307 e. The van der Waals surface area contributed by atoms with Crippen molar-refractivity contribution in [3.8, 4) is 0 Å². The van der Waals surface area contributed by atoms with Gasteiger partial charge in [-0.3, -0.25) is 4.68 Å². The van der Waals surface area contributed by atoms with E-state index in [4.69, 9.17) is 0 Å². The van der Waals surface area contributed by atoms with Crippen molar-refractivity contribution in [3.05, 3.63) is 39.8 Å². The molecule has 2 aromatic heterocycles. The van der Waals surface area contributed by atoms with Crippen molar-refractivity contribution in [2.45, 2.75) is 19.4 Å². The van der Waals surface area contributed by atoms with E-state index >= 15 is 0 Å². The topological polar surface area (TPSA) is 29.9 Å². The van der Waals surface area contributed by atoms with Crippen LogP contribution in [0.4, 0.5) is 0 Å². The maximum Gasteiger partial charge on any atom is 0.0839 e. The lowest BCUT2D eigenvalue weighted by Crippen LogP contribution is -2.19. The molecule has 0 spiro atoms. The Balaban J connectivity index is 2.37. The van der Waals surface area contributed by atoms with Crippen LogP contribution >= 0.6 is 11.3 Å². The highest BCUT2D eigenvalue weighted by molar-refractivity contribution is 7.10. The van der Waals surface area contributed by atoms with Gasteiger partial charge in [-0.1, -0.05) is 13.0 Å². The average Bonchev–Trinajstić information content (AvgIpc) is 2.91. The number of thiophene rings is 1. The Kier molecular flexibility index (Phi) is 3.41. The second-order valence-electron chi connectivity index (χ2n) is 3.77. The fraction of sp³-hybridized carbons (Fsp3) is 0.417. The molecule has 2 rings (SSSR count). The lowest BCUT2D eigenvalue weighted by Gasteiger charge is -2.14. The Morgan fingerprint density at radius 2 is 2.38 bits per heavy atom. The minimum absolute atomic E-state index is 0.248. The maximum absolute atomic E-state index is 4.49. The van der Waals surface area contributed by atoms with E-state index in [-0.39, 0.29) is 6.04 Å². The van der Waals surface area contributed by atoms with Crippen LogP contribution in [0.15, 0.2) is 23.6 Å². The largest absolute Gasteiger partial charge is 0.307 e. The summed E-state index contributed by atoms with van der Waals surface area (Å²) in [4.78, 5) is 1.33. The summed E-state index contributed by atoms with van der Waals surface area (Å²) >= 11 is 1.77. The summed E-state index contributed by atoms with van der Waals surface area (Å²) in [7, 11) is 4.00. The van der Waals surface area contributed by atoms with Gasteiger partial charge in [0.2, 0.25) is 0 Å². The van der Waals surface area contributed by atoms with Gasteiger partial charge in [-0.05, 0) is 31.0 Å². The van der Waals surface area contributed by atoms with Gasteiger partial charge in [-0.2, -0.15) is 5.10 Å². The maximum atomic E-state index is 4.49. The molecule has 0 aliphatic carbocycles. The molecule has 0 radical (unpaired) electrons. The van der Waals surface area contributed by atoms with Crippen LogP contribution in [0, 0.1) is 0 Å². The van der Waals surface area contributed by atoms with E-state index in [0.717, 1.165) is 12.1 Å². The molecule has 3 nitrogen and oxygen atoms in total. The number of hydrogen-bond donors (Lipinski definition) is 1. The van der Waals surface area contributed by atoms with Crippen molar-refractivity contribution >= 4 is 11.3 Å². The molecule has 0 bridgehead atoms. The van der Waals surface area contributed by atoms with Crippen molar-refractivity contribution in [2.24, 2.45) is 7.05 Å². The van der Waals surface area contributed by atoms with Crippen LogP contribution in [0.25, 0.3) is 0 Å². The number of aromatic nitrogens is 2. The first-order chi connectivity index (χ1) is 7.76. The Morgan fingerprint density at radius 1 is 1.56 bits per heavy atom. The molecule has 2 aromatic rings. The Morgan fingerprint density at radius 3 is 2.88 bits per heavy atom. The smallest absolute Gasteiger partial charge is 0.0839 e. The highest BCUT2D eigenvalue weighted by Gasteiger charge is 2.17. The first kappa shape index (κ1) is 11.4. The summed E-state index contributed by atoms with van der Waals surface area (Å²) in [6, 6.07) is 6.67. The number of nitrogens with one attached hydrogen (secondary N) is 1. The molecular formula is C12H17N3S. The lowest BCUT2D eigenvalue weighted by molar-refractivity contribution is 0.610. The van der Waals surface area contributed by atoms with Crippen LogP contribution in [0.1, 0.15) is 29.2 Å². The first-order valence-corrected chi connectivity index (χ1v) is 6.37. The van der Waals surface area contributed by atoms with Gasteiger partial charge in [0.05, 0.1) is 17.4 Å². The molecular weight excluding hydrogens is 218 g/mol. The number of aryl methyl sites for hydroxylation is 2. The standard InChI is InChI=1S/C12H17N3S/c1-4-9-8-10(15(3)14-9)12(13-2)11-6-5-7-16-11/h5-8,12-13H,4H2,1-3H3. The number of nitrogens with zero attached hydrogens (tertiary/aromatic N) is 2. The third-order valence-corrected chi connectivity index (χ3v) is 3.68. The molecule has 4 heteroatoms. The molecule has 0 fully saturated rings. The zero-order chi connectivity index (χ0) is 11.5. The molecule has 1 atom stereocenters. The molecule has 1 unspecified atom stereocenters. The van der Waals surface area contributed by atoms with E-state index in [9.17, 15) is 0 Å². The van der Waals surface area contributed by atoms with Gasteiger partial charge >= 0.3 is 0 Å². The van der Waals surface area contributed by atoms with Crippen LogP contribution in [0.2, 0.25) is 0 Å². The highest BCUT2D eigenvalue weighted by Crippen LogP contribution is 2.25. The van der Waals surface area contributed by atoms with E-state index in [1.165, 1.54) is 10.6 Å². The third kappa shape index (κ3) is 2.03. The summed E-state index contributed by atoms with van der Waals surface area (Å²) < 4.78 is 1.97. The van der Waals surface area contributed by atoms with E-state index in [1.807, 2.05) is 18.8 Å². The molecule has 0 aliphatic heterocycles. The Bertz CT molecular complexity index is 445. The van der Waals surface area contributed by atoms with Gasteiger partial charge in [-0.15, -0.1) is 11.3 Å².